The lowest BCUT2D eigenvalue weighted by Crippen LogP contribution is -1.90. The minimum Gasteiger partial charge on any atom is -0.380 e. The van der Waals surface area contributed by atoms with E-state index >= 15 is 0 Å². The van der Waals surface area contributed by atoms with Gasteiger partial charge < -0.3 is 4.74 Å². The van der Waals surface area contributed by atoms with Gasteiger partial charge in [-0.2, -0.15) is 5.26 Å². The number of methoxy groups -OCH3 is 1. The van der Waals surface area contributed by atoms with Gasteiger partial charge in [-0.3, -0.25) is 4.98 Å². The Bertz CT molecular complexity index is 541. The van der Waals surface area contributed by atoms with Crippen LogP contribution in [0.4, 0.5) is 0 Å². The molecule has 3 nitrogen and oxygen atoms in total. The van der Waals surface area contributed by atoms with Gasteiger partial charge >= 0.3 is 0 Å². The second kappa shape index (κ2) is 5.24. The van der Waals surface area contributed by atoms with Gasteiger partial charge in [0.25, 0.3) is 0 Å². The topological polar surface area (TPSA) is 45.9 Å². The van der Waals surface area contributed by atoms with Crippen LogP contribution < -0.4 is 0 Å². The summed E-state index contributed by atoms with van der Waals surface area (Å²) < 4.78 is 5.05. The fraction of sp³-hybridized carbons (Fsp3) is 0.143. The smallest absolute Gasteiger partial charge is 0.101 e. The first-order valence-electron chi connectivity index (χ1n) is 5.28. The van der Waals surface area contributed by atoms with Crippen molar-refractivity contribution in [3.63, 3.8) is 0 Å². The Balaban J connectivity index is 2.37. The molecule has 2 aromatic rings. The highest BCUT2D eigenvalue weighted by Gasteiger charge is 2.05. The van der Waals surface area contributed by atoms with E-state index in [1.165, 1.54) is 0 Å². The minimum atomic E-state index is 0.590. The monoisotopic (exact) mass is 224 g/mol. The zero-order valence-electron chi connectivity index (χ0n) is 9.55. The molecule has 0 amide bonds. The maximum Gasteiger partial charge on any atom is 0.101 e. The van der Waals surface area contributed by atoms with E-state index in [9.17, 15) is 0 Å². The Morgan fingerprint density at radius 3 is 2.65 bits per heavy atom. The molecule has 0 aliphatic carbocycles. The molecule has 0 bridgehead atoms. The molecule has 0 saturated carbocycles. The Hall–Kier alpha value is -2.18. The standard InChI is InChI=1S/C14H12N2O/c1-17-10-11-4-6-12(7-5-11)14-13(9-15)3-2-8-16-14/h2-8H,10H2,1H3. The first-order chi connectivity index (χ1) is 8.35. The highest BCUT2D eigenvalue weighted by atomic mass is 16.5. The van der Waals surface area contributed by atoms with E-state index in [0.29, 0.717) is 12.2 Å². The number of benzene rings is 1. The largest absolute Gasteiger partial charge is 0.380 e. The van der Waals surface area contributed by atoms with Gasteiger partial charge in [0.1, 0.15) is 6.07 Å². The molecule has 0 aliphatic rings. The lowest BCUT2D eigenvalue weighted by Gasteiger charge is -2.04. The normalized spacial score (nSPS) is 9.88. The molecule has 0 unspecified atom stereocenters. The SMILES string of the molecule is COCc1ccc(-c2ncccc2C#N)cc1. The molecule has 84 valence electrons. The summed E-state index contributed by atoms with van der Waals surface area (Å²) in [6.07, 6.45) is 1.69. The fourth-order valence-corrected chi connectivity index (χ4v) is 1.65. The van der Waals surface area contributed by atoms with Crippen LogP contribution >= 0.6 is 0 Å². The molecule has 0 N–H and O–H groups in total. The summed E-state index contributed by atoms with van der Waals surface area (Å²) in [5, 5.41) is 9.01. The Labute approximate surface area is 100 Å². The zero-order valence-corrected chi connectivity index (χ0v) is 9.55. The lowest BCUT2D eigenvalue weighted by molar-refractivity contribution is 0.185. The van der Waals surface area contributed by atoms with Crippen LogP contribution in [0.1, 0.15) is 11.1 Å². The van der Waals surface area contributed by atoms with E-state index in [0.717, 1.165) is 16.8 Å². The van der Waals surface area contributed by atoms with E-state index < -0.39 is 0 Å². The van der Waals surface area contributed by atoms with Gasteiger partial charge in [0.2, 0.25) is 0 Å². The number of nitriles is 1. The van der Waals surface area contributed by atoms with Crippen molar-refractivity contribution >= 4 is 0 Å². The molecule has 2 rings (SSSR count). The first-order valence-corrected chi connectivity index (χ1v) is 5.28. The van der Waals surface area contributed by atoms with Crippen molar-refractivity contribution in [1.82, 2.24) is 4.98 Å². The third-order valence-corrected chi connectivity index (χ3v) is 2.47. The van der Waals surface area contributed by atoms with Crippen LogP contribution in [0.15, 0.2) is 42.6 Å². The number of aromatic nitrogens is 1. The third-order valence-electron chi connectivity index (χ3n) is 2.47. The molecule has 0 radical (unpaired) electrons. The number of pyridine rings is 1. The summed E-state index contributed by atoms with van der Waals surface area (Å²) in [5.41, 5.74) is 3.36. The zero-order chi connectivity index (χ0) is 12.1. The summed E-state index contributed by atoms with van der Waals surface area (Å²) in [7, 11) is 1.67. The van der Waals surface area contributed by atoms with Gasteiger partial charge in [0.15, 0.2) is 0 Å². The molecular formula is C14H12N2O. The first kappa shape index (κ1) is 11.3. The van der Waals surface area contributed by atoms with Gasteiger partial charge in [0.05, 0.1) is 17.9 Å². The fourth-order valence-electron chi connectivity index (χ4n) is 1.65. The molecule has 0 saturated heterocycles. The van der Waals surface area contributed by atoms with Gasteiger partial charge in [0, 0.05) is 18.9 Å². The van der Waals surface area contributed by atoms with Crippen molar-refractivity contribution in [2.75, 3.05) is 7.11 Å². The Morgan fingerprint density at radius 2 is 2.00 bits per heavy atom. The molecule has 1 aromatic carbocycles. The van der Waals surface area contributed by atoms with Crippen LogP contribution in [0, 0.1) is 11.3 Å². The molecular weight excluding hydrogens is 212 g/mol. The van der Waals surface area contributed by atoms with Gasteiger partial charge in [-0.25, -0.2) is 0 Å². The highest BCUT2D eigenvalue weighted by Crippen LogP contribution is 2.21. The number of ether oxygens (including phenoxy) is 1. The third kappa shape index (κ3) is 2.49. The molecule has 17 heavy (non-hydrogen) atoms. The van der Waals surface area contributed by atoms with E-state index in [-0.39, 0.29) is 0 Å². The van der Waals surface area contributed by atoms with Crippen LogP contribution in [-0.2, 0) is 11.3 Å². The maximum absolute atomic E-state index is 9.01. The van der Waals surface area contributed by atoms with Crippen LogP contribution in [0.5, 0.6) is 0 Å². The van der Waals surface area contributed by atoms with Gasteiger partial charge in [-0.05, 0) is 17.7 Å². The van der Waals surface area contributed by atoms with Crippen LogP contribution in [0.3, 0.4) is 0 Å². The summed E-state index contributed by atoms with van der Waals surface area (Å²) in [5.74, 6) is 0. The predicted octanol–water partition coefficient (Wildman–Crippen LogP) is 2.77. The second-order valence-electron chi connectivity index (χ2n) is 3.64. The van der Waals surface area contributed by atoms with E-state index in [1.54, 1.807) is 25.4 Å². The molecule has 0 fully saturated rings. The predicted molar refractivity (Wildman–Crippen MR) is 65.1 cm³/mol. The van der Waals surface area contributed by atoms with Crippen LogP contribution in [0.2, 0.25) is 0 Å². The molecule has 1 heterocycles. The molecule has 0 spiro atoms. The number of hydrogen-bond acceptors (Lipinski definition) is 3. The van der Waals surface area contributed by atoms with Crippen molar-refractivity contribution in [1.29, 1.82) is 5.26 Å². The Kier molecular flexibility index (Phi) is 3.49. The van der Waals surface area contributed by atoms with Crippen molar-refractivity contribution in [2.24, 2.45) is 0 Å². The molecule has 0 aliphatic heterocycles. The van der Waals surface area contributed by atoms with Crippen LogP contribution in [0.25, 0.3) is 11.3 Å². The van der Waals surface area contributed by atoms with Crippen molar-refractivity contribution in [3.8, 4) is 17.3 Å². The average molecular weight is 224 g/mol. The van der Waals surface area contributed by atoms with Crippen LogP contribution in [-0.4, -0.2) is 12.1 Å². The average Bonchev–Trinajstić information content (AvgIpc) is 2.40. The quantitative estimate of drug-likeness (QED) is 0.805. The van der Waals surface area contributed by atoms with Gasteiger partial charge in [-0.15, -0.1) is 0 Å². The number of rotatable bonds is 3. The van der Waals surface area contributed by atoms with Crippen molar-refractivity contribution in [3.05, 3.63) is 53.7 Å². The maximum atomic E-state index is 9.01. The lowest BCUT2D eigenvalue weighted by atomic mass is 10.1. The summed E-state index contributed by atoms with van der Waals surface area (Å²) in [6.45, 7) is 0.591. The molecule has 1 aromatic heterocycles. The van der Waals surface area contributed by atoms with E-state index in [2.05, 4.69) is 11.1 Å². The molecule has 0 atom stereocenters. The highest BCUT2D eigenvalue weighted by molar-refractivity contribution is 5.66. The van der Waals surface area contributed by atoms with Crippen molar-refractivity contribution in [2.45, 2.75) is 6.61 Å². The summed E-state index contributed by atoms with van der Waals surface area (Å²) in [6, 6.07) is 13.6. The molecule has 3 heteroatoms. The number of hydrogen-bond donors (Lipinski definition) is 0. The summed E-state index contributed by atoms with van der Waals surface area (Å²) in [4.78, 5) is 4.24. The van der Waals surface area contributed by atoms with E-state index in [1.807, 2.05) is 24.3 Å². The van der Waals surface area contributed by atoms with E-state index in [4.69, 9.17) is 10.00 Å². The second-order valence-corrected chi connectivity index (χ2v) is 3.64. The van der Waals surface area contributed by atoms with Gasteiger partial charge in [-0.1, -0.05) is 24.3 Å². The summed E-state index contributed by atoms with van der Waals surface area (Å²) >= 11 is 0. The minimum absolute atomic E-state index is 0.590. The van der Waals surface area contributed by atoms with Crippen molar-refractivity contribution < 1.29 is 4.74 Å². The Morgan fingerprint density at radius 1 is 1.24 bits per heavy atom. The number of nitrogens with zero attached hydrogens (tertiary/aromatic N) is 2.